The number of carbonyl (C=O) groups is 2. The van der Waals surface area contributed by atoms with Gasteiger partial charge in [-0.05, 0) is 13.0 Å². The first-order valence-corrected chi connectivity index (χ1v) is 3.66. The zero-order valence-electron chi connectivity index (χ0n) is 6.79. The summed E-state index contributed by atoms with van der Waals surface area (Å²) in [7, 11) is 1.20. The SMILES string of the molecule is COC(=O)C1(C(=O)O)CCNC1. The highest BCUT2D eigenvalue weighted by Crippen LogP contribution is 2.27. The number of ether oxygens (including phenoxy) is 1. The standard InChI is InChI=1S/C7H11NO4/c1-12-6(11)7(5(9)10)2-3-8-4-7/h8H,2-4H2,1H3,(H,9,10). The summed E-state index contributed by atoms with van der Waals surface area (Å²) >= 11 is 0. The van der Waals surface area contributed by atoms with Gasteiger partial charge in [-0.1, -0.05) is 0 Å². The number of carboxylic acid groups (broad SMARTS) is 1. The molecular weight excluding hydrogens is 162 g/mol. The fourth-order valence-corrected chi connectivity index (χ4v) is 1.33. The summed E-state index contributed by atoms with van der Waals surface area (Å²) in [6, 6.07) is 0. The molecule has 0 aliphatic carbocycles. The van der Waals surface area contributed by atoms with Crippen LogP contribution in [-0.4, -0.2) is 37.2 Å². The second-order valence-electron chi connectivity index (χ2n) is 2.81. The van der Waals surface area contributed by atoms with Crippen LogP contribution in [0.25, 0.3) is 0 Å². The lowest BCUT2D eigenvalue weighted by Gasteiger charge is -2.18. The lowest BCUT2D eigenvalue weighted by atomic mass is 9.87. The molecule has 0 bridgehead atoms. The number of aliphatic carboxylic acids is 1. The molecule has 0 amide bonds. The van der Waals surface area contributed by atoms with Crippen LogP contribution in [0.15, 0.2) is 0 Å². The van der Waals surface area contributed by atoms with Crippen molar-refractivity contribution in [3.63, 3.8) is 0 Å². The van der Waals surface area contributed by atoms with Gasteiger partial charge in [0.25, 0.3) is 0 Å². The summed E-state index contributed by atoms with van der Waals surface area (Å²) in [5.74, 6) is -1.78. The summed E-state index contributed by atoms with van der Waals surface area (Å²) in [4.78, 5) is 21.9. The second-order valence-corrected chi connectivity index (χ2v) is 2.81. The molecule has 5 nitrogen and oxygen atoms in total. The van der Waals surface area contributed by atoms with Gasteiger partial charge in [0.1, 0.15) is 0 Å². The van der Waals surface area contributed by atoms with E-state index in [9.17, 15) is 9.59 Å². The first-order valence-electron chi connectivity index (χ1n) is 3.66. The molecule has 0 radical (unpaired) electrons. The number of esters is 1. The molecule has 0 aromatic heterocycles. The van der Waals surface area contributed by atoms with Crippen LogP contribution in [0.2, 0.25) is 0 Å². The highest BCUT2D eigenvalue weighted by Gasteiger charge is 2.49. The fraction of sp³-hybridized carbons (Fsp3) is 0.714. The third-order valence-electron chi connectivity index (χ3n) is 2.14. The molecule has 0 spiro atoms. The average Bonchev–Trinajstić information content (AvgIpc) is 2.52. The predicted molar refractivity (Wildman–Crippen MR) is 39.6 cm³/mol. The number of carboxylic acids is 1. The highest BCUT2D eigenvalue weighted by atomic mass is 16.5. The first kappa shape index (κ1) is 8.99. The summed E-state index contributed by atoms with van der Waals surface area (Å²) < 4.78 is 4.44. The molecule has 1 rings (SSSR count). The Bertz CT molecular complexity index is 207. The van der Waals surface area contributed by atoms with E-state index in [-0.39, 0.29) is 6.54 Å². The van der Waals surface area contributed by atoms with Crippen LogP contribution < -0.4 is 5.32 Å². The Morgan fingerprint density at radius 3 is 2.58 bits per heavy atom. The van der Waals surface area contributed by atoms with E-state index < -0.39 is 17.4 Å². The molecule has 1 aliphatic heterocycles. The molecule has 1 atom stereocenters. The van der Waals surface area contributed by atoms with Crippen LogP contribution in [0.1, 0.15) is 6.42 Å². The third-order valence-corrected chi connectivity index (χ3v) is 2.14. The fourth-order valence-electron chi connectivity index (χ4n) is 1.33. The van der Waals surface area contributed by atoms with Gasteiger partial charge in [-0.25, -0.2) is 0 Å². The molecule has 2 N–H and O–H groups in total. The summed E-state index contributed by atoms with van der Waals surface area (Å²) in [6.45, 7) is 0.705. The molecule has 0 aromatic rings. The van der Waals surface area contributed by atoms with Crippen molar-refractivity contribution in [3.05, 3.63) is 0 Å². The second kappa shape index (κ2) is 3.10. The number of hydrogen-bond acceptors (Lipinski definition) is 4. The van der Waals surface area contributed by atoms with Crippen LogP contribution in [0.5, 0.6) is 0 Å². The quantitative estimate of drug-likeness (QED) is 0.423. The van der Waals surface area contributed by atoms with Crippen molar-refractivity contribution >= 4 is 11.9 Å². The number of rotatable bonds is 2. The van der Waals surface area contributed by atoms with Crippen molar-refractivity contribution in [1.82, 2.24) is 5.32 Å². The van der Waals surface area contributed by atoms with Crippen LogP contribution >= 0.6 is 0 Å². The largest absolute Gasteiger partial charge is 0.480 e. The highest BCUT2D eigenvalue weighted by molar-refractivity contribution is 5.99. The Kier molecular flexibility index (Phi) is 2.32. The van der Waals surface area contributed by atoms with Gasteiger partial charge >= 0.3 is 11.9 Å². The maximum atomic E-state index is 11.1. The molecule has 12 heavy (non-hydrogen) atoms. The monoisotopic (exact) mass is 173 g/mol. The van der Waals surface area contributed by atoms with Crippen molar-refractivity contribution < 1.29 is 19.4 Å². The summed E-state index contributed by atoms with van der Waals surface area (Å²) in [5.41, 5.74) is -1.35. The van der Waals surface area contributed by atoms with Gasteiger partial charge in [0.2, 0.25) is 0 Å². The normalized spacial score (nSPS) is 28.4. The lowest BCUT2D eigenvalue weighted by Crippen LogP contribution is -2.42. The van der Waals surface area contributed by atoms with Crippen molar-refractivity contribution in [1.29, 1.82) is 0 Å². The van der Waals surface area contributed by atoms with Gasteiger partial charge in [-0.15, -0.1) is 0 Å². The van der Waals surface area contributed by atoms with Crippen molar-refractivity contribution in [2.45, 2.75) is 6.42 Å². The number of carbonyl (C=O) groups excluding carboxylic acids is 1. The van der Waals surface area contributed by atoms with Gasteiger partial charge in [0, 0.05) is 6.54 Å². The third kappa shape index (κ3) is 1.16. The molecular formula is C7H11NO4. The summed E-state index contributed by atoms with van der Waals surface area (Å²) in [5, 5.41) is 11.7. The van der Waals surface area contributed by atoms with E-state index in [2.05, 4.69) is 10.1 Å². The smallest absolute Gasteiger partial charge is 0.324 e. The topological polar surface area (TPSA) is 75.6 Å². The minimum Gasteiger partial charge on any atom is -0.480 e. The maximum Gasteiger partial charge on any atom is 0.324 e. The molecule has 68 valence electrons. The minimum atomic E-state index is -1.35. The Morgan fingerprint density at radius 2 is 2.25 bits per heavy atom. The van der Waals surface area contributed by atoms with Crippen LogP contribution in [0, 0.1) is 5.41 Å². The van der Waals surface area contributed by atoms with Crippen LogP contribution in [0.3, 0.4) is 0 Å². The molecule has 1 heterocycles. The van der Waals surface area contributed by atoms with E-state index >= 15 is 0 Å². The molecule has 1 saturated heterocycles. The van der Waals surface area contributed by atoms with Crippen molar-refractivity contribution in [3.8, 4) is 0 Å². The van der Waals surface area contributed by atoms with Crippen LogP contribution in [0.4, 0.5) is 0 Å². The van der Waals surface area contributed by atoms with Crippen molar-refractivity contribution in [2.24, 2.45) is 5.41 Å². The Morgan fingerprint density at radius 1 is 1.58 bits per heavy atom. The van der Waals surface area contributed by atoms with E-state index in [4.69, 9.17) is 5.11 Å². The van der Waals surface area contributed by atoms with Crippen molar-refractivity contribution in [2.75, 3.05) is 20.2 Å². The molecule has 0 saturated carbocycles. The Hall–Kier alpha value is -1.10. The van der Waals surface area contributed by atoms with E-state index in [1.54, 1.807) is 0 Å². The van der Waals surface area contributed by atoms with E-state index in [0.29, 0.717) is 13.0 Å². The first-order chi connectivity index (χ1) is 5.63. The Labute approximate surface area is 69.7 Å². The number of methoxy groups -OCH3 is 1. The average molecular weight is 173 g/mol. The van der Waals surface area contributed by atoms with E-state index in [0.717, 1.165) is 0 Å². The van der Waals surface area contributed by atoms with Gasteiger partial charge in [-0.3, -0.25) is 9.59 Å². The predicted octanol–water partition coefficient (Wildman–Crippen LogP) is -0.776. The van der Waals surface area contributed by atoms with Gasteiger partial charge in [0.05, 0.1) is 7.11 Å². The van der Waals surface area contributed by atoms with Gasteiger partial charge < -0.3 is 15.2 Å². The molecule has 5 heteroatoms. The minimum absolute atomic E-state index is 0.162. The zero-order chi connectivity index (χ0) is 9.19. The van der Waals surface area contributed by atoms with Crippen LogP contribution in [-0.2, 0) is 14.3 Å². The van der Waals surface area contributed by atoms with Gasteiger partial charge in [0.15, 0.2) is 5.41 Å². The van der Waals surface area contributed by atoms with E-state index in [1.165, 1.54) is 7.11 Å². The molecule has 1 aliphatic rings. The zero-order valence-corrected chi connectivity index (χ0v) is 6.79. The van der Waals surface area contributed by atoms with Gasteiger partial charge in [-0.2, -0.15) is 0 Å². The Balaban J connectivity index is 2.86. The maximum absolute atomic E-state index is 11.1. The number of nitrogens with one attached hydrogen (secondary N) is 1. The molecule has 0 aromatic carbocycles. The summed E-state index contributed by atoms with van der Waals surface area (Å²) in [6.07, 6.45) is 0.301. The molecule has 1 unspecified atom stereocenters. The lowest BCUT2D eigenvalue weighted by molar-refractivity contribution is -0.165. The number of hydrogen-bond donors (Lipinski definition) is 2. The molecule has 1 fully saturated rings. The van der Waals surface area contributed by atoms with E-state index in [1.807, 2.05) is 0 Å².